The molecule has 1 N–H and O–H groups in total. The van der Waals surface area contributed by atoms with Crippen LogP contribution in [-0.2, 0) is 0 Å². The molecule has 0 atom stereocenters. The molecule has 0 unspecified atom stereocenters. The van der Waals surface area contributed by atoms with Gasteiger partial charge in [-0.15, -0.1) is 0 Å². The van der Waals surface area contributed by atoms with E-state index in [-0.39, 0.29) is 5.28 Å². The summed E-state index contributed by atoms with van der Waals surface area (Å²) in [6.45, 7) is 1.92. The third-order valence-electron chi connectivity index (χ3n) is 2.11. The molecule has 2 aromatic rings. The molecule has 2 aromatic heterocycles. The SMILES string of the molecule is CNc1nc(Cl)nc(-c2ccco2)c1C. The number of furan rings is 1. The van der Waals surface area contributed by atoms with Crippen LogP contribution in [0, 0.1) is 6.92 Å². The molecular weight excluding hydrogens is 214 g/mol. The molecule has 0 spiro atoms. The van der Waals surface area contributed by atoms with Crippen molar-refractivity contribution < 1.29 is 4.42 Å². The second-order valence-electron chi connectivity index (χ2n) is 3.04. The number of nitrogens with one attached hydrogen (secondary N) is 1. The lowest BCUT2D eigenvalue weighted by Gasteiger charge is -2.07. The maximum atomic E-state index is 5.81. The van der Waals surface area contributed by atoms with Gasteiger partial charge in [0.1, 0.15) is 11.5 Å². The van der Waals surface area contributed by atoms with Crippen molar-refractivity contribution in [2.75, 3.05) is 12.4 Å². The number of halogens is 1. The van der Waals surface area contributed by atoms with Crippen LogP contribution in [0.1, 0.15) is 5.56 Å². The standard InChI is InChI=1S/C10H10ClN3O/c1-6-8(7-4-3-5-15-7)13-10(11)14-9(6)12-2/h3-5H,1-2H3,(H,12,13,14). The Morgan fingerprint density at radius 2 is 2.20 bits per heavy atom. The van der Waals surface area contributed by atoms with E-state index in [0.717, 1.165) is 5.56 Å². The molecule has 0 aliphatic heterocycles. The molecular formula is C10H10ClN3O. The fraction of sp³-hybridized carbons (Fsp3) is 0.200. The molecule has 0 amide bonds. The van der Waals surface area contributed by atoms with Gasteiger partial charge in [0.2, 0.25) is 5.28 Å². The highest BCUT2D eigenvalue weighted by atomic mass is 35.5. The highest BCUT2D eigenvalue weighted by molar-refractivity contribution is 6.28. The summed E-state index contributed by atoms with van der Waals surface area (Å²) in [5.41, 5.74) is 1.63. The molecule has 2 rings (SSSR count). The van der Waals surface area contributed by atoms with E-state index in [0.29, 0.717) is 17.3 Å². The summed E-state index contributed by atoms with van der Waals surface area (Å²) in [6.07, 6.45) is 1.60. The Hall–Kier alpha value is -1.55. The molecule has 15 heavy (non-hydrogen) atoms. The molecule has 0 aliphatic rings. The monoisotopic (exact) mass is 223 g/mol. The minimum Gasteiger partial charge on any atom is -0.463 e. The zero-order valence-corrected chi connectivity index (χ0v) is 9.17. The van der Waals surface area contributed by atoms with Crippen LogP contribution in [-0.4, -0.2) is 17.0 Å². The second-order valence-corrected chi connectivity index (χ2v) is 3.38. The molecule has 2 heterocycles. The summed E-state index contributed by atoms with van der Waals surface area (Å²) in [4.78, 5) is 8.21. The van der Waals surface area contributed by atoms with E-state index in [1.165, 1.54) is 0 Å². The molecule has 0 saturated carbocycles. The third kappa shape index (κ3) is 1.80. The van der Waals surface area contributed by atoms with Gasteiger partial charge in [-0.2, -0.15) is 0 Å². The Kier molecular flexibility index (Phi) is 2.60. The molecule has 5 heteroatoms. The average Bonchev–Trinajstić information content (AvgIpc) is 2.74. The summed E-state index contributed by atoms with van der Waals surface area (Å²) < 4.78 is 5.28. The number of aromatic nitrogens is 2. The average molecular weight is 224 g/mol. The summed E-state index contributed by atoms with van der Waals surface area (Å²) in [5.74, 6) is 1.40. The predicted molar refractivity (Wildman–Crippen MR) is 59.0 cm³/mol. The molecule has 4 nitrogen and oxygen atoms in total. The van der Waals surface area contributed by atoms with E-state index >= 15 is 0 Å². The number of anilines is 1. The number of hydrogen-bond donors (Lipinski definition) is 1. The third-order valence-corrected chi connectivity index (χ3v) is 2.28. The van der Waals surface area contributed by atoms with E-state index < -0.39 is 0 Å². The summed E-state index contributed by atoms with van der Waals surface area (Å²) in [6, 6.07) is 3.65. The van der Waals surface area contributed by atoms with Gasteiger partial charge in [-0.25, -0.2) is 9.97 Å². The van der Waals surface area contributed by atoms with Gasteiger partial charge in [0, 0.05) is 12.6 Å². The van der Waals surface area contributed by atoms with Crippen molar-refractivity contribution in [3.05, 3.63) is 29.2 Å². The number of rotatable bonds is 2. The van der Waals surface area contributed by atoms with Crippen LogP contribution >= 0.6 is 11.6 Å². The topological polar surface area (TPSA) is 51.0 Å². The Bertz CT molecular complexity index is 468. The van der Waals surface area contributed by atoms with Crippen LogP contribution in [0.25, 0.3) is 11.5 Å². The van der Waals surface area contributed by atoms with Crippen LogP contribution < -0.4 is 5.32 Å². The van der Waals surface area contributed by atoms with Gasteiger partial charge in [0.15, 0.2) is 5.76 Å². The Morgan fingerprint density at radius 1 is 1.40 bits per heavy atom. The van der Waals surface area contributed by atoms with Crippen molar-refractivity contribution in [2.24, 2.45) is 0 Å². The van der Waals surface area contributed by atoms with Crippen molar-refractivity contribution in [3.63, 3.8) is 0 Å². The molecule has 0 aliphatic carbocycles. The maximum Gasteiger partial charge on any atom is 0.225 e. The lowest BCUT2D eigenvalue weighted by Crippen LogP contribution is -2.00. The second kappa shape index (κ2) is 3.90. The van der Waals surface area contributed by atoms with E-state index in [4.69, 9.17) is 16.0 Å². The van der Waals surface area contributed by atoms with Crippen LogP contribution in [0.15, 0.2) is 22.8 Å². The zero-order valence-electron chi connectivity index (χ0n) is 8.41. The lowest BCUT2D eigenvalue weighted by molar-refractivity contribution is 0.579. The van der Waals surface area contributed by atoms with Crippen LogP contribution in [0.2, 0.25) is 5.28 Å². The van der Waals surface area contributed by atoms with Gasteiger partial charge < -0.3 is 9.73 Å². The van der Waals surface area contributed by atoms with Crippen molar-refractivity contribution in [2.45, 2.75) is 6.92 Å². The lowest BCUT2D eigenvalue weighted by atomic mass is 10.2. The molecule has 0 radical (unpaired) electrons. The van der Waals surface area contributed by atoms with Crippen molar-refractivity contribution in [3.8, 4) is 11.5 Å². The molecule has 0 bridgehead atoms. The Labute approximate surface area is 92.3 Å². The summed E-state index contributed by atoms with van der Waals surface area (Å²) >= 11 is 5.81. The molecule has 0 saturated heterocycles. The fourth-order valence-electron chi connectivity index (χ4n) is 1.39. The van der Waals surface area contributed by atoms with E-state index in [2.05, 4.69) is 15.3 Å². The first kappa shape index (κ1) is 9.98. The summed E-state index contributed by atoms with van der Waals surface area (Å²) in [5, 5.41) is 3.17. The maximum absolute atomic E-state index is 5.81. The predicted octanol–water partition coefficient (Wildman–Crippen LogP) is 2.74. The van der Waals surface area contributed by atoms with E-state index in [9.17, 15) is 0 Å². The Balaban J connectivity index is 2.61. The highest BCUT2D eigenvalue weighted by Gasteiger charge is 2.12. The van der Waals surface area contributed by atoms with Crippen molar-refractivity contribution in [1.82, 2.24) is 9.97 Å². The molecule has 0 aromatic carbocycles. The van der Waals surface area contributed by atoms with Crippen LogP contribution in [0.4, 0.5) is 5.82 Å². The zero-order chi connectivity index (χ0) is 10.8. The van der Waals surface area contributed by atoms with Gasteiger partial charge in [-0.1, -0.05) is 0 Å². The highest BCUT2D eigenvalue weighted by Crippen LogP contribution is 2.26. The van der Waals surface area contributed by atoms with Crippen LogP contribution in [0.3, 0.4) is 0 Å². The van der Waals surface area contributed by atoms with E-state index in [1.807, 2.05) is 19.1 Å². The van der Waals surface area contributed by atoms with Gasteiger partial charge in [-0.05, 0) is 30.7 Å². The minimum atomic E-state index is 0.205. The Morgan fingerprint density at radius 3 is 2.80 bits per heavy atom. The quantitative estimate of drug-likeness (QED) is 0.796. The first-order chi connectivity index (χ1) is 7.22. The first-order valence-corrected chi connectivity index (χ1v) is 4.86. The fourth-order valence-corrected chi connectivity index (χ4v) is 1.56. The van der Waals surface area contributed by atoms with Gasteiger partial charge >= 0.3 is 0 Å². The first-order valence-electron chi connectivity index (χ1n) is 4.48. The van der Waals surface area contributed by atoms with Crippen molar-refractivity contribution in [1.29, 1.82) is 0 Å². The van der Waals surface area contributed by atoms with Gasteiger partial charge in [0.25, 0.3) is 0 Å². The van der Waals surface area contributed by atoms with Gasteiger partial charge in [0.05, 0.1) is 6.26 Å². The number of nitrogens with zero attached hydrogens (tertiary/aromatic N) is 2. The van der Waals surface area contributed by atoms with Crippen molar-refractivity contribution >= 4 is 17.4 Å². The number of hydrogen-bond acceptors (Lipinski definition) is 4. The van der Waals surface area contributed by atoms with Gasteiger partial charge in [-0.3, -0.25) is 0 Å². The largest absolute Gasteiger partial charge is 0.463 e. The van der Waals surface area contributed by atoms with Crippen LogP contribution in [0.5, 0.6) is 0 Å². The molecule has 0 fully saturated rings. The smallest absolute Gasteiger partial charge is 0.225 e. The normalized spacial score (nSPS) is 10.3. The molecule has 78 valence electrons. The minimum absolute atomic E-state index is 0.205. The van der Waals surface area contributed by atoms with E-state index in [1.54, 1.807) is 13.3 Å². The summed E-state index contributed by atoms with van der Waals surface area (Å²) in [7, 11) is 1.79.